The van der Waals surface area contributed by atoms with Crippen LogP contribution in [0.1, 0.15) is 194 Å². The quantitative estimate of drug-likeness (QED) is 0.0200. The molecule has 0 aliphatic rings. The normalized spacial score (nSPS) is 13.1. The van der Waals surface area contributed by atoms with Crippen LogP contribution in [0.15, 0.2) is 122 Å². The van der Waals surface area contributed by atoms with Gasteiger partial charge in [0.15, 0.2) is 6.10 Å². The molecule has 6 heteroatoms. The smallest absolute Gasteiger partial charge is 0.306 e. The maximum atomic E-state index is 12.8. The van der Waals surface area contributed by atoms with Crippen molar-refractivity contribution in [2.45, 2.75) is 200 Å². The second-order valence-corrected chi connectivity index (χ2v) is 15.8. The van der Waals surface area contributed by atoms with Crippen molar-refractivity contribution in [1.82, 2.24) is 0 Å². The summed E-state index contributed by atoms with van der Waals surface area (Å²) in [6.07, 6.45) is 67.5. The number of allylic oxidation sites excluding steroid dienone is 20. The minimum absolute atomic E-state index is 0.116. The van der Waals surface area contributed by atoms with E-state index >= 15 is 0 Å². The number of ether oxygens (including phenoxy) is 3. The van der Waals surface area contributed by atoms with E-state index in [2.05, 4.69) is 57.2 Å². The largest absolute Gasteiger partial charge is 0.462 e. The molecule has 0 fully saturated rings. The van der Waals surface area contributed by atoms with E-state index in [1.807, 2.05) is 85.1 Å². The Bertz CT molecular complexity index is 1350. The molecular weight excluding hydrogens is 769 g/mol. The highest BCUT2D eigenvalue weighted by molar-refractivity contribution is 5.71. The van der Waals surface area contributed by atoms with Gasteiger partial charge in [-0.3, -0.25) is 14.4 Å². The monoisotopic (exact) mass is 857 g/mol. The third-order valence-corrected chi connectivity index (χ3v) is 9.90. The highest BCUT2D eigenvalue weighted by atomic mass is 16.6. The molecule has 62 heavy (non-hydrogen) atoms. The van der Waals surface area contributed by atoms with Crippen LogP contribution in [0.5, 0.6) is 0 Å². The minimum Gasteiger partial charge on any atom is -0.462 e. The molecule has 0 aromatic carbocycles. The van der Waals surface area contributed by atoms with Gasteiger partial charge in [0.1, 0.15) is 13.2 Å². The Balaban J connectivity index is 4.55. The lowest BCUT2D eigenvalue weighted by atomic mass is 10.1. The van der Waals surface area contributed by atoms with Crippen molar-refractivity contribution in [2.24, 2.45) is 0 Å². The van der Waals surface area contributed by atoms with Crippen molar-refractivity contribution in [3.8, 4) is 0 Å². The van der Waals surface area contributed by atoms with Gasteiger partial charge in [-0.2, -0.15) is 0 Å². The molecule has 0 rings (SSSR count). The second-order valence-electron chi connectivity index (χ2n) is 15.8. The van der Waals surface area contributed by atoms with Crippen LogP contribution in [0.25, 0.3) is 0 Å². The van der Waals surface area contributed by atoms with Crippen molar-refractivity contribution in [1.29, 1.82) is 0 Å². The zero-order valence-electron chi connectivity index (χ0n) is 39.6. The Kier molecular flexibility index (Phi) is 46.1. The van der Waals surface area contributed by atoms with E-state index in [1.165, 1.54) is 57.8 Å². The van der Waals surface area contributed by atoms with Gasteiger partial charge < -0.3 is 14.2 Å². The zero-order chi connectivity index (χ0) is 45.1. The van der Waals surface area contributed by atoms with Crippen molar-refractivity contribution < 1.29 is 28.6 Å². The summed E-state index contributed by atoms with van der Waals surface area (Å²) in [4.78, 5) is 37.9. The molecule has 0 amide bonds. The van der Waals surface area contributed by atoms with Gasteiger partial charge in [0.05, 0.1) is 0 Å². The van der Waals surface area contributed by atoms with Crippen molar-refractivity contribution >= 4 is 17.9 Å². The predicted molar refractivity (Wildman–Crippen MR) is 265 cm³/mol. The summed E-state index contributed by atoms with van der Waals surface area (Å²) in [6, 6.07) is 0. The number of rotatable bonds is 42. The minimum atomic E-state index is -0.822. The third kappa shape index (κ3) is 46.9. The molecule has 0 bridgehead atoms. The Hall–Kier alpha value is -4.19. The van der Waals surface area contributed by atoms with Gasteiger partial charge in [0, 0.05) is 19.3 Å². The molecule has 0 N–H and O–H groups in total. The Morgan fingerprint density at radius 3 is 1.05 bits per heavy atom. The summed E-state index contributed by atoms with van der Waals surface area (Å²) < 4.78 is 16.7. The number of esters is 3. The van der Waals surface area contributed by atoms with E-state index in [0.29, 0.717) is 19.3 Å². The Morgan fingerprint density at radius 2 is 0.645 bits per heavy atom. The zero-order valence-corrected chi connectivity index (χ0v) is 39.6. The first-order valence-electron chi connectivity index (χ1n) is 24.7. The van der Waals surface area contributed by atoms with Crippen molar-refractivity contribution in [2.75, 3.05) is 13.2 Å². The number of unbranched alkanes of at least 4 members (excludes halogenated alkanes) is 18. The molecule has 0 aromatic heterocycles. The number of hydrogen-bond acceptors (Lipinski definition) is 6. The van der Waals surface area contributed by atoms with Gasteiger partial charge >= 0.3 is 17.9 Å². The third-order valence-electron chi connectivity index (χ3n) is 9.90. The molecule has 0 radical (unpaired) electrons. The van der Waals surface area contributed by atoms with Crippen LogP contribution in [0.3, 0.4) is 0 Å². The Labute approximate surface area is 380 Å². The first-order chi connectivity index (χ1) is 30.5. The SMILES string of the molecule is CC\C=C/C=C\C=C/C=C\C=C/CCCCCC(=O)OC(COC(=O)CCCCC\C=C/C=C\C=C/C=C\CC)COC(=O)CCCCCCC/C=C\CCCCCCCCC. The summed E-state index contributed by atoms with van der Waals surface area (Å²) in [5, 5.41) is 0. The molecule has 0 aliphatic heterocycles. The maximum absolute atomic E-state index is 12.8. The maximum Gasteiger partial charge on any atom is 0.306 e. The molecule has 0 aliphatic carbocycles. The van der Waals surface area contributed by atoms with E-state index in [0.717, 1.165) is 89.9 Å². The van der Waals surface area contributed by atoms with Crippen molar-refractivity contribution in [3.63, 3.8) is 0 Å². The first kappa shape index (κ1) is 57.8. The van der Waals surface area contributed by atoms with E-state index in [1.54, 1.807) is 0 Å². The van der Waals surface area contributed by atoms with Gasteiger partial charge in [0.25, 0.3) is 0 Å². The standard InChI is InChI=1S/C56H88O6/c1-4-7-10-13-16-19-22-25-27-29-31-34-37-40-43-46-49-55(58)61-52-53(51-60-54(57)48-45-42-39-36-33-30-24-21-18-15-12-9-6-3)62-56(59)50-47-44-41-38-35-32-28-26-23-20-17-14-11-8-5-2/h8-9,11-12,14-15,17-18,20-21,23-24,26-30,32-33,35,53H,4-7,10,13,16,19,22,25,31,34,36-52H2,1-3H3/b11-8-,12-9-,17-14-,18-15-,23-20-,24-21-,28-26-,29-27-,33-30-,35-32-. The molecule has 0 spiro atoms. The van der Waals surface area contributed by atoms with Crippen LogP contribution >= 0.6 is 0 Å². The topological polar surface area (TPSA) is 78.9 Å². The van der Waals surface area contributed by atoms with Crippen LogP contribution in [-0.2, 0) is 28.6 Å². The summed E-state index contributed by atoms with van der Waals surface area (Å²) in [6.45, 7) is 6.25. The molecule has 6 nitrogen and oxygen atoms in total. The van der Waals surface area contributed by atoms with Gasteiger partial charge in [-0.1, -0.05) is 213 Å². The molecule has 348 valence electrons. The molecule has 0 heterocycles. The summed E-state index contributed by atoms with van der Waals surface area (Å²) >= 11 is 0. The molecule has 0 saturated carbocycles. The van der Waals surface area contributed by atoms with Crippen LogP contribution in [-0.4, -0.2) is 37.2 Å². The predicted octanol–water partition coefficient (Wildman–Crippen LogP) is 16.1. The lowest BCUT2D eigenvalue weighted by Gasteiger charge is -2.18. The fourth-order valence-corrected chi connectivity index (χ4v) is 6.23. The van der Waals surface area contributed by atoms with Gasteiger partial charge in [-0.05, 0) is 83.5 Å². The van der Waals surface area contributed by atoms with E-state index in [9.17, 15) is 14.4 Å². The molecular formula is C56H88O6. The highest BCUT2D eigenvalue weighted by Crippen LogP contribution is 2.13. The molecule has 0 saturated heterocycles. The van der Waals surface area contributed by atoms with Gasteiger partial charge in [0.2, 0.25) is 0 Å². The fourth-order valence-electron chi connectivity index (χ4n) is 6.23. The molecule has 0 aromatic rings. The average Bonchev–Trinajstić information content (AvgIpc) is 3.27. The van der Waals surface area contributed by atoms with Gasteiger partial charge in [-0.15, -0.1) is 0 Å². The van der Waals surface area contributed by atoms with E-state index in [-0.39, 0.29) is 37.5 Å². The van der Waals surface area contributed by atoms with Crippen LogP contribution in [0, 0.1) is 0 Å². The number of carbonyl (C=O) groups is 3. The number of carbonyl (C=O) groups excluding carboxylic acids is 3. The van der Waals surface area contributed by atoms with Crippen LogP contribution in [0.2, 0.25) is 0 Å². The molecule has 1 unspecified atom stereocenters. The van der Waals surface area contributed by atoms with Crippen molar-refractivity contribution in [3.05, 3.63) is 122 Å². The highest BCUT2D eigenvalue weighted by Gasteiger charge is 2.19. The van der Waals surface area contributed by atoms with Gasteiger partial charge in [-0.25, -0.2) is 0 Å². The second kappa shape index (κ2) is 49.5. The van der Waals surface area contributed by atoms with Crippen LogP contribution < -0.4 is 0 Å². The summed E-state index contributed by atoms with van der Waals surface area (Å²) in [5.41, 5.74) is 0. The first-order valence-corrected chi connectivity index (χ1v) is 24.7. The number of hydrogen-bond donors (Lipinski definition) is 0. The average molecular weight is 857 g/mol. The van der Waals surface area contributed by atoms with E-state index in [4.69, 9.17) is 14.2 Å². The summed E-state index contributed by atoms with van der Waals surface area (Å²) in [7, 11) is 0. The fraction of sp³-hybridized carbons (Fsp3) is 0.589. The summed E-state index contributed by atoms with van der Waals surface area (Å²) in [5.74, 6) is -1.02. The Morgan fingerprint density at radius 1 is 0.339 bits per heavy atom. The van der Waals surface area contributed by atoms with E-state index < -0.39 is 6.10 Å². The van der Waals surface area contributed by atoms with Crippen LogP contribution in [0.4, 0.5) is 0 Å². The molecule has 1 atom stereocenters. The lowest BCUT2D eigenvalue weighted by Crippen LogP contribution is -2.30. The lowest BCUT2D eigenvalue weighted by molar-refractivity contribution is -0.167.